The average molecular weight is 414 g/mol. The van der Waals surface area contributed by atoms with Crippen molar-refractivity contribution in [3.63, 3.8) is 0 Å². The topological polar surface area (TPSA) is 12.1 Å². The van der Waals surface area contributed by atoms with Gasteiger partial charge in [-0.2, -0.15) is 0 Å². The van der Waals surface area contributed by atoms with Crippen LogP contribution in [0.2, 0.25) is 0 Å². The molecule has 3 nitrogen and oxygen atoms in total. The van der Waals surface area contributed by atoms with Crippen molar-refractivity contribution in [2.45, 2.75) is 89.5 Å². The Morgan fingerprint density at radius 2 is 1.58 bits per heavy atom. The second-order valence-electron chi connectivity index (χ2n) is 11.5. The van der Waals surface area contributed by atoms with Gasteiger partial charge in [-0.25, -0.2) is 0 Å². The monoisotopic (exact) mass is 413 g/mol. The Hall–Kier alpha value is -2.29. The largest absolute Gasteiger partial charge is 0.354 e. The molecule has 1 fully saturated rings. The third kappa shape index (κ3) is 2.68. The highest BCUT2D eigenvalue weighted by Gasteiger charge is 2.39. The first-order valence-corrected chi connectivity index (χ1v) is 12.2. The van der Waals surface area contributed by atoms with Gasteiger partial charge in [0.25, 0.3) is 0 Å². The van der Waals surface area contributed by atoms with Crippen LogP contribution in [0, 0.1) is 6.33 Å². The van der Waals surface area contributed by atoms with Gasteiger partial charge in [0, 0.05) is 18.4 Å². The van der Waals surface area contributed by atoms with Crippen molar-refractivity contribution in [3.05, 3.63) is 47.8 Å². The molecule has 3 aliphatic rings. The van der Waals surface area contributed by atoms with E-state index < -0.39 is 0 Å². The van der Waals surface area contributed by atoms with Crippen LogP contribution in [0.4, 0.5) is 11.4 Å². The number of anilines is 2. The zero-order valence-corrected chi connectivity index (χ0v) is 19.8. The van der Waals surface area contributed by atoms with E-state index in [1.165, 1.54) is 84.2 Å². The first-order valence-electron chi connectivity index (χ1n) is 12.2. The summed E-state index contributed by atoms with van der Waals surface area (Å²) in [5.74, 6) is 0. The number of aromatic nitrogens is 2. The molecule has 0 unspecified atom stereocenters. The molecule has 0 atom stereocenters. The molecule has 0 amide bonds. The highest BCUT2D eigenvalue weighted by atomic mass is 15.2. The van der Waals surface area contributed by atoms with Crippen molar-refractivity contribution in [1.29, 1.82) is 0 Å². The molecule has 1 saturated carbocycles. The van der Waals surface area contributed by atoms with Crippen LogP contribution in [0.1, 0.15) is 89.8 Å². The van der Waals surface area contributed by atoms with Crippen molar-refractivity contribution >= 4 is 22.4 Å². The molecule has 6 rings (SSSR count). The van der Waals surface area contributed by atoms with E-state index in [0.717, 1.165) is 0 Å². The molecule has 0 N–H and O–H groups in total. The van der Waals surface area contributed by atoms with Crippen LogP contribution >= 0.6 is 0 Å². The Bertz CT molecular complexity index is 1190. The molecular formula is C28H35N3. The summed E-state index contributed by atoms with van der Waals surface area (Å²) in [6.07, 6.45) is 12.9. The van der Waals surface area contributed by atoms with Gasteiger partial charge in [-0.15, -0.1) is 0 Å². The third-order valence-corrected chi connectivity index (χ3v) is 8.54. The second-order valence-corrected chi connectivity index (χ2v) is 11.5. The predicted molar refractivity (Wildman–Crippen MR) is 128 cm³/mol. The number of nitrogens with zero attached hydrogens (tertiary/aromatic N) is 3. The molecule has 1 aromatic heterocycles. The van der Waals surface area contributed by atoms with Crippen LogP contribution in [-0.2, 0) is 10.8 Å². The number of imidazole rings is 1. The lowest BCUT2D eigenvalue weighted by Gasteiger charge is -2.44. The summed E-state index contributed by atoms with van der Waals surface area (Å²) in [5, 5.41) is 0. The van der Waals surface area contributed by atoms with E-state index in [2.05, 4.69) is 85.4 Å². The summed E-state index contributed by atoms with van der Waals surface area (Å²) in [6, 6.07) is 12.4. The number of para-hydroxylation sites is 1. The van der Waals surface area contributed by atoms with E-state index in [1.54, 1.807) is 0 Å². The minimum Gasteiger partial charge on any atom is -0.354 e. The van der Waals surface area contributed by atoms with Gasteiger partial charge in [-0.1, -0.05) is 52.3 Å². The lowest BCUT2D eigenvalue weighted by Crippen LogP contribution is -2.40. The predicted octanol–water partition coefficient (Wildman–Crippen LogP) is 6.65. The molecule has 0 spiro atoms. The Morgan fingerprint density at radius 1 is 0.903 bits per heavy atom. The molecule has 162 valence electrons. The quantitative estimate of drug-likeness (QED) is 0.321. The molecule has 31 heavy (non-hydrogen) atoms. The van der Waals surface area contributed by atoms with Gasteiger partial charge in [0.2, 0.25) is 6.33 Å². The smallest absolute Gasteiger partial charge is 0.244 e. The maximum absolute atomic E-state index is 3.84. The SMILES string of the molecule is CN1c2cc3c(cc2-[n+]2[c-]n(C4CCCCC4)c4cccc1c42)C(C)(C)CCC3(C)C. The fraction of sp³-hybridized carbons (Fsp3) is 0.536. The van der Waals surface area contributed by atoms with Gasteiger partial charge < -0.3 is 14.0 Å². The molecule has 2 aliphatic carbocycles. The van der Waals surface area contributed by atoms with E-state index in [-0.39, 0.29) is 10.8 Å². The first-order chi connectivity index (χ1) is 14.8. The zero-order chi connectivity index (χ0) is 21.5. The van der Waals surface area contributed by atoms with E-state index in [0.29, 0.717) is 6.04 Å². The van der Waals surface area contributed by atoms with Gasteiger partial charge in [0.05, 0.1) is 22.8 Å². The van der Waals surface area contributed by atoms with E-state index in [9.17, 15) is 0 Å². The standard InChI is InChI=1S/C28H35N3/c1-27(2)14-15-28(3,4)21-17-25-24(16-20(21)27)29(5)22-12-9-13-23-26(22)31(25)18-30(23)19-10-7-6-8-11-19/h9,12-13,16-17,19H,6-8,10-11,14-15H2,1-5H3. The van der Waals surface area contributed by atoms with Crippen molar-refractivity contribution in [3.8, 4) is 5.69 Å². The summed E-state index contributed by atoms with van der Waals surface area (Å²) in [5.41, 5.74) is 10.0. The lowest BCUT2D eigenvalue weighted by atomic mass is 9.63. The van der Waals surface area contributed by atoms with Crippen LogP contribution in [-0.4, -0.2) is 11.6 Å². The summed E-state index contributed by atoms with van der Waals surface area (Å²) >= 11 is 0. The highest BCUT2D eigenvalue weighted by Crippen LogP contribution is 2.49. The Morgan fingerprint density at radius 3 is 2.29 bits per heavy atom. The summed E-state index contributed by atoms with van der Waals surface area (Å²) in [7, 11) is 2.24. The van der Waals surface area contributed by atoms with Crippen molar-refractivity contribution in [2.24, 2.45) is 0 Å². The van der Waals surface area contributed by atoms with E-state index in [1.807, 2.05) is 0 Å². The Balaban J connectivity index is 1.63. The fourth-order valence-electron chi connectivity index (χ4n) is 6.39. The average Bonchev–Trinajstić information content (AvgIpc) is 3.16. The molecule has 2 heterocycles. The number of fused-ring (bicyclic) bond motifs is 3. The number of hydrogen-bond acceptors (Lipinski definition) is 1. The zero-order valence-electron chi connectivity index (χ0n) is 19.8. The Labute approximate surface area is 186 Å². The summed E-state index contributed by atoms with van der Waals surface area (Å²) in [6.45, 7) is 9.68. The van der Waals surface area contributed by atoms with Crippen LogP contribution in [0.5, 0.6) is 0 Å². The molecule has 3 aromatic rings. The fourth-order valence-corrected chi connectivity index (χ4v) is 6.39. The molecule has 0 radical (unpaired) electrons. The molecule has 0 bridgehead atoms. The van der Waals surface area contributed by atoms with Gasteiger partial charge in [-0.3, -0.25) is 0 Å². The minimum absolute atomic E-state index is 0.209. The molecule has 0 saturated heterocycles. The van der Waals surface area contributed by atoms with Crippen molar-refractivity contribution in [1.82, 2.24) is 4.57 Å². The normalized spacial score (nSPS) is 21.8. The molecular weight excluding hydrogens is 378 g/mol. The van der Waals surface area contributed by atoms with Gasteiger partial charge in [-0.05, 0) is 72.6 Å². The first kappa shape index (κ1) is 19.4. The van der Waals surface area contributed by atoms with Crippen LogP contribution < -0.4 is 9.47 Å². The molecule has 1 aliphatic heterocycles. The number of benzene rings is 2. The second kappa shape index (κ2) is 6.37. The summed E-state index contributed by atoms with van der Waals surface area (Å²) in [4.78, 5) is 2.41. The lowest BCUT2D eigenvalue weighted by molar-refractivity contribution is -0.573. The van der Waals surface area contributed by atoms with Gasteiger partial charge in [0.1, 0.15) is 0 Å². The highest BCUT2D eigenvalue weighted by molar-refractivity contribution is 5.92. The molecule has 2 aromatic carbocycles. The summed E-state index contributed by atoms with van der Waals surface area (Å²) < 4.78 is 4.85. The third-order valence-electron chi connectivity index (χ3n) is 8.54. The number of rotatable bonds is 1. The molecule has 3 heteroatoms. The van der Waals surface area contributed by atoms with Crippen molar-refractivity contribution in [2.75, 3.05) is 11.9 Å². The van der Waals surface area contributed by atoms with E-state index in [4.69, 9.17) is 0 Å². The van der Waals surface area contributed by atoms with Crippen molar-refractivity contribution < 1.29 is 4.57 Å². The van der Waals surface area contributed by atoms with Gasteiger partial charge in [0.15, 0.2) is 0 Å². The van der Waals surface area contributed by atoms with E-state index >= 15 is 0 Å². The van der Waals surface area contributed by atoms with Crippen LogP contribution in [0.3, 0.4) is 0 Å². The Kier molecular flexibility index (Phi) is 3.99. The van der Waals surface area contributed by atoms with Crippen LogP contribution in [0.25, 0.3) is 16.7 Å². The minimum atomic E-state index is 0.209. The van der Waals surface area contributed by atoms with Crippen LogP contribution in [0.15, 0.2) is 30.3 Å². The maximum atomic E-state index is 3.84. The van der Waals surface area contributed by atoms with Gasteiger partial charge >= 0.3 is 0 Å². The number of hydrogen-bond donors (Lipinski definition) is 0. The maximum Gasteiger partial charge on any atom is 0.244 e.